The van der Waals surface area contributed by atoms with Crippen molar-refractivity contribution in [3.63, 3.8) is 0 Å². The van der Waals surface area contributed by atoms with Gasteiger partial charge in [-0.3, -0.25) is 0 Å². The minimum Gasteiger partial charge on any atom is -0.870 e. The molecule has 7 N–H and O–H groups in total. The van der Waals surface area contributed by atoms with Crippen LogP contribution in [0.3, 0.4) is 0 Å². The summed E-state index contributed by atoms with van der Waals surface area (Å²) in [4.78, 5) is 0. The number of rotatable bonds is 0. The standard InChI is InChI=1S/K.Li.7H2O.Ta/h;;7*1H2;/q2*+1;;;;;;;;+5/p-7. The second kappa shape index (κ2) is 184. The molecule has 0 spiro atoms. The third-order valence-electron chi connectivity index (χ3n) is 0. The molecule has 0 amide bonds. The van der Waals surface area contributed by atoms with Crippen LogP contribution in [0.5, 0.6) is 0 Å². The Morgan fingerprint density at radius 1 is 0.400 bits per heavy atom. The van der Waals surface area contributed by atoms with E-state index in [4.69, 9.17) is 0 Å². The summed E-state index contributed by atoms with van der Waals surface area (Å²) >= 11 is 0. The smallest absolute Gasteiger partial charge is 0.870 e. The molecule has 0 aliphatic rings. The summed E-state index contributed by atoms with van der Waals surface area (Å²) in [5.74, 6) is 0. The Balaban J connectivity index is 0. The molecule has 0 aromatic rings. The molecule has 0 saturated heterocycles. The van der Waals surface area contributed by atoms with Crippen LogP contribution in [-0.2, 0) is 22.4 Å². The first-order chi connectivity index (χ1) is 0. The van der Waals surface area contributed by atoms with Gasteiger partial charge in [0.15, 0.2) is 0 Å². The molecule has 0 aromatic heterocycles. The van der Waals surface area contributed by atoms with Crippen LogP contribution in [0, 0.1) is 0 Å². The van der Waals surface area contributed by atoms with Crippen LogP contribution in [0.2, 0.25) is 0 Å². The van der Waals surface area contributed by atoms with Crippen molar-refractivity contribution >= 4 is 0 Å². The van der Waals surface area contributed by atoms with E-state index in [0.717, 1.165) is 0 Å². The molecule has 10 heteroatoms. The second-order valence-corrected chi connectivity index (χ2v) is 0. The summed E-state index contributed by atoms with van der Waals surface area (Å²) < 4.78 is 0. The van der Waals surface area contributed by atoms with Crippen molar-refractivity contribution in [3.05, 3.63) is 0 Å². The summed E-state index contributed by atoms with van der Waals surface area (Å²) in [6, 6.07) is 0. The molecule has 7 nitrogen and oxygen atoms in total. The van der Waals surface area contributed by atoms with Crippen LogP contribution in [0.4, 0.5) is 0 Å². The summed E-state index contributed by atoms with van der Waals surface area (Å²) in [5.41, 5.74) is 0. The van der Waals surface area contributed by atoms with E-state index in [0.29, 0.717) is 0 Å². The van der Waals surface area contributed by atoms with E-state index in [9.17, 15) is 0 Å². The molecule has 56 valence electrons. The molecule has 0 bridgehead atoms. The molecule has 0 aliphatic carbocycles. The first-order valence-corrected chi connectivity index (χ1v) is 0. The van der Waals surface area contributed by atoms with Gasteiger partial charge in [0.2, 0.25) is 0 Å². The van der Waals surface area contributed by atoms with E-state index in [2.05, 4.69) is 0 Å². The van der Waals surface area contributed by atoms with E-state index in [1.54, 1.807) is 0 Å². The van der Waals surface area contributed by atoms with Crippen molar-refractivity contribution in [2.75, 3.05) is 0 Å². The summed E-state index contributed by atoms with van der Waals surface area (Å²) in [6.45, 7) is 0. The molecule has 0 radical (unpaired) electrons. The maximum absolute atomic E-state index is 0. The van der Waals surface area contributed by atoms with Gasteiger partial charge in [-0.25, -0.2) is 0 Å². The molecule has 0 unspecified atom stereocenters. The van der Waals surface area contributed by atoms with E-state index in [1.165, 1.54) is 0 Å². The summed E-state index contributed by atoms with van der Waals surface area (Å²) in [6.07, 6.45) is 0. The molecular weight excluding hydrogens is 339 g/mol. The first-order valence-electron chi connectivity index (χ1n) is 0. The van der Waals surface area contributed by atoms with Crippen LogP contribution in [0.15, 0.2) is 0 Å². The summed E-state index contributed by atoms with van der Waals surface area (Å²) in [5, 5.41) is 0. The van der Waals surface area contributed by atoms with Crippen molar-refractivity contribution in [1.82, 2.24) is 0 Å². The van der Waals surface area contributed by atoms with Crippen molar-refractivity contribution in [1.29, 1.82) is 0 Å². The fourth-order valence-electron chi connectivity index (χ4n) is 0. The predicted molar refractivity (Wildman–Crippen MR) is 13.6 cm³/mol. The van der Waals surface area contributed by atoms with Crippen LogP contribution < -0.4 is 70.2 Å². The molecular formula is H7KLiO7Ta. The molecule has 0 fully saturated rings. The molecule has 0 rings (SSSR count). The average molecular weight is 346 g/mol. The average Bonchev–Trinajstić information content (AvgIpc) is 0. The van der Waals surface area contributed by atoms with Crippen molar-refractivity contribution in [2.24, 2.45) is 0 Å². The normalized spacial score (nSPS) is 0. The van der Waals surface area contributed by atoms with E-state index in [1.807, 2.05) is 0 Å². The number of hydrogen-bond acceptors (Lipinski definition) is 7. The van der Waals surface area contributed by atoms with Gasteiger partial charge in [-0.05, 0) is 0 Å². The third-order valence-corrected chi connectivity index (χ3v) is 0. The zero-order chi connectivity index (χ0) is 0. The van der Waals surface area contributed by atoms with Crippen LogP contribution in [-0.4, -0.2) is 38.3 Å². The van der Waals surface area contributed by atoms with Crippen molar-refractivity contribution in [3.8, 4) is 0 Å². The SMILES string of the molecule is [K+].[Li+].[OH-].[OH-].[OH-].[OH-].[OH-].[OH-].[OH-].[Ta+5]. The Bertz CT molecular complexity index is 13.6. The van der Waals surface area contributed by atoms with Gasteiger partial charge in [0.05, 0.1) is 0 Å². The van der Waals surface area contributed by atoms with Gasteiger partial charge in [0, 0.05) is 0 Å². The van der Waals surface area contributed by atoms with Gasteiger partial charge in [-0.2, -0.15) is 0 Å². The minimum absolute atomic E-state index is 0. The van der Waals surface area contributed by atoms with Gasteiger partial charge in [0.1, 0.15) is 0 Å². The molecule has 0 atom stereocenters. The maximum Gasteiger partial charge on any atom is 5.00 e. The molecule has 0 aliphatic heterocycles. The zero-order valence-electron chi connectivity index (χ0n) is 5.58. The Morgan fingerprint density at radius 3 is 0.400 bits per heavy atom. The fourth-order valence-corrected chi connectivity index (χ4v) is 0. The first kappa shape index (κ1) is 239. The van der Waals surface area contributed by atoms with E-state index in [-0.39, 0.29) is 131 Å². The Hall–Kier alpha value is 2.69. The van der Waals surface area contributed by atoms with Crippen LogP contribution in [0.1, 0.15) is 0 Å². The third kappa shape index (κ3) is 138. The van der Waals surface area contributed by atoms with Gasteiger partial charge in [0.25, 0.3) is 0 Å². The van der Waals surface area contributed by atoms with Crippen LogP contribution >= 0.6 is 0 Å². The minimum atomic E-state index is 0. The second-order valence-electron chi connectivity index (χ2n) is 0. The van der Waals surface area contributed by atoms with Gasteiger partial charge < -0.3 is 38.3 Å². The molecule has 10 heavy (non-hydrogen) atoms. The zero-order valence-corrected chi connectivity index (χ0v) is 11.9. The van der Waals surface area contributed by atoms with Crippen molar-refractivity contribution < 1.29 is 131 Å². The maximum atomic E-state index is 0. The largest absolute Gasteiger partial charge is 5.00 e. The topological polar surface area (TPSA) is 210 Å². The van der Waals surface area contributed by atoms with E-state index < -0.39 is 0 Å². The fraction of sp³-hybridized carbons (Fsp3) is 0. The van der Waals surface area contributed by atoms with Crippen LogP contribution in [0.25, 0.3) is 0 Å². The summed E-state index contributed by atoms with van der Waals surface area (Å²) in [7, 11) is 0. The molecule has 0 heterocycles. The monoisotopic (exact) mass is 346 g/mol. The van der Waals surface area contributed by atoms with Gasteiger partial charge in [-0.1, -0.05) is 0 Å². The predicted octanol–water partition coefficient (Wildman–Crippen LogP) is -7.23. The Kier molecular flexibility index (Phi) is 4410. The Morgan fingerprint density at radius 2 is 0.400 bits per heavy atom. The molecule has 0 saturated carbocycles. The Labute approximate surface area is 129 Å². The molecule has 0 aromatic carbocycles. The quantitative estimate of drug-likeness (QED) is 0.386. The van der Waals surface area contributed by atoms with Gasteiger partial charge in [-0.15, -0.1) is 0 Å². The van der Waals surface area contributed by atoms with E-state index >= 15 is 0 Å². The van der Waals surface area contributed by atoms with Gasteiger partial charge >= 0.3 is 92.6 Å². The van der Waals surface area contributed by atoms with Crippen molar-refractivity contribution in [2.45, 2.75) is 0 Å². The number of hydrogen-bond donors (Lipinski definition) is 0.